The topological polar surface area (TPSA) is 623 Å². The van der Waals surface area contributed by atoms with Gasteiger partial charge in [-0.3, -0.25) is 67.2 Å². The van der Waals surface area contributed by atoms with Gasteiger partial charge in [0.1, 0.15) is 85.4 Å². The van der Waals surface area contributed by atoms with Gasteiger partial charge in [-0.1, -0.05) is 127 Å². The number of H-pyrrole nitrogens is 1. The molecule has 1 fully saturated rings. The lowest BCUT2D eigenvalue weighted by atomic mass is 9.85. The normalized spacial score (nSPS) is 20.3. The quantitative estimate of drug-likeness (QED) is 0.0144. The Morgan fingerprint density at radius 3 is 1.98 bits per heavy atom. The molecule has 3 aliphatic rings. The van der Waals surface area contributed by atoms with Gasteiger partial charge in [-0.15, -0.1) is 0 Å². The van der Waals surface area contributed by atoms with E-state index in [9.17, 15) is 87.9 Å². The van der Waals surface area contributed by atoms with Crippen molar-refractivity contribution in [1.29, 1.82) is 0 Å². The number of cyclic esters (lactones) is 1. The van der Waals surface area contributed by atoms with Crippen LogP contribution in [0.1, 0.15) is 99.6 Å². The molecule has 3 aliphatic heterocycles. The van der Waals surface area contributed by atoms with Crippen LogP contribution in [0.4, 0.5) is 4.79 Å². The van der Waals surface area contributed by atoms with Crippen LogP contribution in [0.5, 0.6) is 5.75 Å². The number of nitrogens with two attached hydrogens (primary N) is 3. The lowest BCUT2D eigenvalue weighted by Gasteiger charge is -2.37. The van der Waals surface area contributed by atoms with Crippen molar-refractivity contribution in [3.8, 4) is 17.1 Å². The Morgan fingerprint density at radius 1 is 0.677 bits per heavy atom. The van der Waals surface area contributed by atoms with E-state index in [1.54, 1.807) is 79.9 Å². The van der Waals surface area contributed by atoms with E-state index in [2.05, 4.69) is 63.5 Å². The maximum Gasteiger partial charge on any atom is 0.411 e. The van der Waals surface area contributed by atoms with Crippen molar-refractivity contribution in [3.05, 3.63) is 165 Å². The Bertz CT molecular complexity index is 5260. The molecular weight excluding hydrogens is 1690 g/mol. The highest BCUT2D eigenvalue weighted by molar-refractivity contribution is 8.76. The SMILES string of the molecule is CCCC[C@H](NC(=O)[C@@H](CO)NC(=O)CN(CCN)C(=O)O[C@]1(CC)C(=O)OCc2c1cc1n(c2=O)Cc2cc3ccccc3nc2-1)C(=O)N[C@H](Cc1ccc(O)cc1)C(=O)N[C@H](CO)C(=O)NC1CSSC[C@H](C(=O)N[C@H](C(N)=O)[C@@H](C)O)NC(=O)C([C@@H](C)O)NC(=O)[C@H](CCCN)NC(=O)[C@@H](Cc2c[nH]c3ccccc23)NC(=O)C(Cc2ccccc2)NC1=O. The minimum Gasteiger partial charge on any atom is -0.508 e. The Balaban J connectivity index is 0.890. The molecule has 0 radical (unpaired) electrons. The molecule has 40 nitrogen and oxygen atoms in total. The van der Waals surface area contributed by atoms with E-state index < -0.39 is 217 Å². The number of aromatic nitrogens is 3. The number of hydrogen-bond acceptors (Lipinski definition) is 27. The number of carbonyl (C=O) groups excluding carboxylic acids is 14. The van der Waals surface area contributed by atoms with Crippen molar-refractivity contribution in [1.82, 2.24) is 77.9 Å². The Morgan fingerprint density at radius 2 is 1.31 bits per heavy atom. The van der Waals surface area contributed by atoms with Crippen molar-refractivity contribution in [3.63, 3.8) is 0 Å². The van der Waals surface area contributed by atoms with E-state index in [-0.39, 0.29) is 88.0 Å². The van der Waals surface area contributed by atoms with Gasteiger partial charge < -0.3 is 120 Å². The van der Waals surface area contributed by atoms with E-state index >= 15 is 9.59 Å². The number of unbranched alkanes of at least 4 members (excludes halogenated alkanes) is 1. The number of para-hydroxylation sites is 2. The molecule has 0 spiro atoms. The van der Waals surface area contributed by atoms with E-state index in [0.29, 0.717) is 50.9 Å². The number of benzene rings is 4. The fraction of sp³-hybridized carbons (Fsp3) is 0.435. The number of rotatable bonds is 34. The van der Waals surface area contributed by atoms with Gasteiger partial charge in [-0.2, -0.15) is 0 Å². The fourth-order valence-electron chi connectivity index (χ4n) is 14.7. The number of amides is 13. The van der Waals surface area contributed by atoms with Crippen LogP contribution in [0.2, 0.25) is 0 Å². The standard InChI is InChI=1S/C85H106N18O22S2/c1-5-7-20-57(93-77(116)62(39-104)90-67(109)38-102(30-29-87)84(123)125-85(6-2)54-35-66-70-50(33-48-18-11-13-21-55(48)91-70)37-103(66)82(121)53(54)41-124-83(85)122)72(111)94-60(32-47-24-26-51(108)27-25-47)75(114)97-63(40-105)78(117)98-64-42-126-127-43-65(80(119)100-68(44(3)106)71(88)110)99-81(120)69(45(4)107)101-73(112)58(23-15-28-86)92-76(115)61(34-49-36-89-56-22-14-12-19-52(49)56)96-74(113)59(95-79(64)118)31-46-16-9-8-10-17-46/h8-14,16-19,21-22,24-27,33,35-36,44-45,57-65,68-69,89,104-108H,5-7,15,20,23,28-32,34,37-43,86-87H2,1-4H3,(H2,88,110)(H,90,109)(H,92,115)(H,93,116)(H,94,111)(H,95,118)(H,96,113)(H,97,114)(H,98,117)(H,99,120)(H,100,119)(H,101,112)/t44-,45-,57+,58+,59?,60-,61-,62-,63-,64?,65-,68+,69?,85+/m1/s1. The van der Waals surface area contributed by atoms with Crippen molar-refractivity contribution in [2.45, 2.75) is 183 Å². The number of pyridine rings is 2. The molecule has 7 aromatic rings. The summed E-state index contributed by atoms with van der Waals surface area (Å²) < 4.78 is 13.0. The smallest absolute Gasteiger partial charge is 0.411 e. The highest BCUT2D eigenvalue weighted by atomic mass is 33.1. The lowest BCUT2D eigenvalue weighted by molar-refractivity contribution is -0.173. The number of fused-ring (bicyclic) bond motifs is 6. The molecular formula is C85H106N18O22S2. The summed E-state index contributed by atoms with van der Waals surface area (Å²) in [4.78, 5) is 225. The first-order valence-corrected chi connectivity index (χ1v) is 43.8. The van der Waals surface area contributed by atoms with Crippen LogP contribution in [0.3, 0.4) is 0 Å². The Kier molecular flexibility index (Phi) is 34.3. The summed E-state index contributed by atoms with van der Waals surface area (Å²) in [7, 11) is 1.54. The first-order chi connectivity index (χ1) is 60.8. The summed E-state index contributed by atoms with van der Waals surface area (Å²) >= 11 is 0. The van der Waals surface area contributed by atoms with Crippen molar-refractivity contribution in [2.24, 2.45) is 17.2 Å². The molecule has 13 amide bonds. The molecule has 10 rings (SSSR count). The predicted octanol–water partition coefficient (Wildman–Crippen LogP) is -2.71. The molecule has 42 heteroatoms. The van der Waals surface area contributed by atoms with Gasteiger partial charge in [0.15, 0.2) is 0 Å². The third-order valence-corrected chi connectivity index (χ3v) is 24.1. The van der Waals surface area contributed by atoms with Crippen molar-refractivity contribution >= 4 is 126 Å². The zero-order valence-corrected chi connectivity index (χ0v) is 71.7. The fourth-order valence-corrected chi connectivity index (χ4v) is 17.1. The molecule has 0 bridgehead atoms. The third kappa shape index (κ3) is 24.6. The van der Waals surface area contributed by atoms with E-state index in [1.165, 1.54) is 35.8 Å². The molecule has 1 saturated heterocycles. The number of aliphatic hydroxyl groups excluding tert-OH is 4. The number of nitrogens with one attached hydrogen (secondary N) is 12. The highest BCUT2D eigenvalue weighted by Crippen LogP contribution is 2.42. The van der Waals surface area contributed by atoms with E-state index in [0.717, 1.165) is 51.3 Å². The summed E-state index contributed by atoms with van der Waals surface area (Å²) in [6.07, 6.45) is -3.68. The molecule has 3 unspecified atom stereocenters. The summed E-state index contributed by atoms with van der Waals surface area (Å²) in [5.41, 5.74) is 18.8. The van der Waals surface area contributed by atoms with Gasteiger partial charge in [-0.05, 0) is 99.2 Å². The van der Waals surface area contributed by atoms with E-state index in [4.69, 9.17) is 31.7 Å². The summed E-state index contributed by atoms with van der Waals surface area (Å²) in [6.45, 7) is 1.44. The molecule has 0 saturated carbocycles. The van der Waals surface area contributed by atoms with Gasteiger partial charge in [0.05, 0.1) is 54.4 Å². The average molecular weight is 1800 g/mol. The molecule has 4 aromatic carbocycles. The minimum atomic E-state index is -2.23. The molecule has 0 aliphatic carbocycles. The van der Waals surface area contributed by atoms with Crippen LogP contribution < -0.4 is 81.2 Å². The molecule has 23 N–H and O–H groups in total. The van der Waals surface area contributed by atoms with E-state index in [1.807, 2.05) is 24.3 Å². The Hall–Kier alpha value is -12.6. The van der Waals surface area contributed by atoms with Crippen LogP contribution in [0, 0.1) is 0 Å². The van der Waals surface area contributed by atoms with Crippen LogP contribution in [-0.4, -0.2) is 257 Å². The van der Waals surface area contributed by atoms with Crippen LogP contribution in [0.15, 0.2) is 126 Å². The number of primary amides is 1. The van der Waals surface area contributed by atoms with Gasteiger partial charge in [0.2, 0.25) is 76.5 Å². The monoisotopic (exact) mass is 1790 g/mol. The Labute approximate surface area is 736 Å². The lowest BCUT2D eigenvalue weighted by Crippen LogP contribution is -2.63. The number of ether oxygens (including phenoxy) is 2. The predicted molar refractivity (Wildman–Crippen MR) is 464 cm³/mol. The molecule has 6 heterocycles. The third-order valence-electron chi connectivity index (χ3n) is 21.7. The highest BCUT2D eigenvalue weighted by Gasteiger charge is 2.52. The van der Waals surface area contributed by atoms with Crippen LogP contribution >= 0.6 is 21.6 Å². The second-order valence-electron chi connectivity index (χ2n) is 30.9. The average Bonchev–Trinajstić information content (AvgIpc) is 1.64. The number of aromatic hydroxyl groups is 1. The molecule has 680 valence electrons. The number of aliphatic hydroxyl groups is 4. The number of esters is 1. The first-order valence-electron chi connectivity index (χ1n) is 41.4. The van der Waals surface area contributed by atoms with Gasteiger partial charge in [0.25, 0.3) is 5.56 Å². The van der Waals surface area contributed by atoms with Crippen molar-refractivity contribution in [2.75, 3.05) is 50.9 Å². The van der Waals surface area contributed by atoms with Gasteiger partial charge in [0, 0.05) is 77.5 Å². The number of carbonyl (C=O) groups is 14. The van der Waals surface area contributed by atoms with Crippen LogP contribution in [-0.2, 0) is 110 Å². The second-order valence-corrected chi connectivity index (χ2v) is 33.5. The number of aromatic amines is 1. The second kappa shape index (κ2) is 45.0. The van der Waals surface area contributed by atoms with Gasteiger partial charge >= 0.3 is 12.1 Å². The summed E-state index contributed by atoms with van der Waals surface area (Å²) in [5.74, 6) is -15.4. The van der Waals surface area contributed by atoms with Crippen molar-refractivity contribution < 1.29 is 102 Å². The largest absolute Gasteiger partial charge is 0.508 e. The van der Waals surface area contributed by atoms with Gasteiger partial charge in [-0.25, -0.2) is 14.6 Å². The minimum absolute atomic E-state index is 0.00338. The van der Waals surface area contributed by atoms with Crippen LogP contribution in [0.25, 0.3) is 33.2 Å². The number of phenols is 1. The maximum atomic E-state index is 15.3. The molecule has 3 aromatic heterocycles. The number of phenolic OH excluding ortho intramolecular Hbond substituents is 1. The summed E-state index contributed by atoms with van der Waals surface area (Å²) in [5, 5.41) is 82.8. The zero-order chi connectivity index (χ0) is 91.9. The molecule has 14 atom stereocenters. The number of hydrogen-bond donors (Lipinski definition) is 20. The summed E-state index contributed by atoms with van der Waals surface area (Å²) in [6, 6.07) is 12.5. The number of nitrogens with zero attached hydrogens (tertiary/aromatic N) is 3. The first kappa shape index (κ1) is 96.6. The maximum absolute atomic E-state index is 15.3. The zero-order valence-electron chi connectivity index (χ0n) is 70.1. The molecule has 127 heavy (non-hydrogen) atoms.